The Kier molecular flexibility index (Phi) is 0.516. The summed E-state index contributed by atoms with van der Waals surface area (Å²) in [4.78, 5) is 0. The minimum atomic E-state index is 0.597. The van der Waals surface area contributed by atoms with Crippen LogP contribution in [0.2, 0.25) is 0 Å². The zero-order valence-electron chi connectivity index (χ0n) is 5.07. The maximum atomic E-state index is 4.09. The molecule has 0 aromatic rings. The standard InChI is InChI=1S/C7H8N2/c1-2-5-3-4(1)6-7(5)9-8-6/h1-2,4-7H,3H2/t4-,5-,6-,7-/m1/s1. The Morgan fingerprint density at radius 3 is 1.89 bits per heavy atom. The molecule has 0 aromatic carbocycles. The minimum Gasteiger partial charge on any atom is -0.187 e. The van der Waals surface area contributed by atoms with E-state index >= 15 is 0 Å². The zero-order valence-corrected chi connectivity index (χ0v) is 5.07. The minimum absolute atomic E-state index is 0.597. The van der Waals surface area contributed by atoms with Gasteiger partial charge in [0.25, 0.3) is 0 Å². The van der Waals surface area contributed by atoms with Crippen molar-refractivity contribution in [2.45, 2.75) is 18.5 Å². The summed E-state index contributed by atoms with van der Waals surface area (Å²) in [5.74, 6) is 1.52. The lowest BCUT2D eigenvalue weighted by atomic mass is 9.95. The second kappa shape index (κ2) is 1.11. The molecule has 3 rings (SSSR count). The Labute approximate surface area is 53.7 Å². The first-order valence-electron chi connectivity index (χ1n) is 3.53. The molecule has 2 heteroatoms. The third-order valence-electron chi connectivity index (χ3n) is 2.71. The molecule has 0 N–H and O–H groups in total. The third-order valence-corrected chi connectivity index (χ3v) is 2.71. The van der Waals surface area contributed by atoms with E-state index in [1.54, 1.807) is 0 Å². The van der Waals surface area contributed by atoms with E-state index < -0.39 is 0 Å². The van der Waals surface area contributed by atoms with Gasteiger partial charge in [-0.25, -0.2) is 0 Å². The second-order valence-electron chi connectivity index (χ2n) is 3.16. The highest BCUT2D eigenvalue weighted by atomic mass is 15.3. The van der Waals surface area contributed by atoms with Gasteiger partial charge in [-0.2, -0.15) is 10.2 Å². The fraction of sp³-hybridized carbons (Fsp3) is 0.714. The van der Waals surface area contributed by atoms with Crippen LogP contribution in [0.5, 0.6) is 0 Å². The van der Waals surface area contributed by atoms with Crippen molar-refractivity contribution in [1.82, 2.24) is 0 Å². The van der Waals surface area contributed by atoms with E-state index in [4.69, 9.17) is 0 Å². The molecule has 1 heterocycles. The average Bonchev–Trinajstić information content (AvgIpc) is 2.18. The summed E-state index contributed by atoms with van der Waals surface area (Å²) >= 11 is 0. The lowest BCUT2D eigenvalue weighted by Gasteiger charge is -2.26. The van der Waals surface area contributed by atoms with Crippen LogP contribution in [-0.4, -0.2) is 12.1 Å². The molecule has 0 unspecified atom stereocenters. The van der Waals surface area contributed by atoms with Gasteiger partial charge >= 0.3 is 0 Å². The summed E-state index contributed by atoms with van der Waals surface area (Å²) in [5, 5.41) is 8.17. The van der Waals surface area contributed by atoms with E-state index in [0.29, 0.717) is 12.1 Å². The molecule has 1 saturated carbocycles. The van der Waals surface area contributed by atoms with E-state index in [9.17, 15) is 0 Å². The van der Waals surface area contributed by atoms with Crippen LogP contribution in [0.3, 0.4) is 0 Å². The first-order chi connectivity index (χ1) is 4.45. The monoisotopic (exact) mass is 120 g/mol. The predicted octanol–water partition coefficient (Wildman–Crippen LogP) is 1.40. The summed E-state index contributed by atoms with van der Waals surface area (Å²) in [6, 6.07) is 1.19. The molecule has 2 nitrogen and oxygen atoms in total. The zero-order chi connectivity index (χ0) is 5.84. The van der Waals surface area contributed by atoms with Crippen LogP contribution >= 0.6 is 0 Å². The molecule has 0 amide bonds. The summed E-state index contributed by atoms with van der Waals surface area (Å²) in [6.07, 6.45) is 5.94. The molecule has 46 valence electrons. The van der Waals surface area contributed by atoms with Gasteiger partial charge in [-0.3, -0.25) is 0 Å². The highest BCUT2D eigenvalue weighted by Crippen LogP contribution is 2.47. The fourth-order valence-electron chi connectivity index (χ4n) is 2.16. The fourth-order valence-corrected chi connectivity index (χ4v) is 2.16. The summed E-state index contributed by atoms with van der Waals surface area (Å²) in [7, 11) is 0. The first-order valence-corrected chi connectivity index (χ1v) is 3.53. The van der Waals surface area contributed by atoms with Crippen LogP contribution in [0, 0.1) is 11.8 Å². The van der Waals surface area contributed by atoms with Crippen molar-refractivity contribution in [3.8, 4) is 0 Å². The second-order valence-corrected chi connectivity index (χ2v) is 3.16. The van der Waals surface area contributed by atoms with Gasteiger partial charge in [0.15, 0.2) is 0 Å². The van der Waals surface area contributed by atoms with Crippen molar-refractivity contribution in [3.63, 3.8) is 0 Å². The summed E-state index contributed by atoms with van der Waals surface area (Å²) in [6.45, 7) is 0. The molecule has 2 aliphatic carbocycles. The van der Waals surface area contributed by atoms with Crippen LogP contribution in [0.4, 0.5) is 0 Å². The van der Waals surface area contributed by atoms with Crippen molar-refractivity contribution < 1.29 is 0 Å². The van der Waals surface area contributed by atoms with Crippen LogP contribution in [0.25, 0.3) is 0 Å². The lowest BCUT2D eigenvalue weighted by Crippen LogP contribution is -2.33. The van der Waals surface area contributed by atoms with Crippen molar-refractivity contribution in [1.29, 1.82) is 0 Å². The van der Waals surface area contributed by atoms with Crippen LogP contribution in [-0.2, 0) is 0 Å². The first kappa shape index (κ1) is 4.20. The normalized spacial score (nSPS) is 57.8. The average molecular weight is 120 g/mol. The number of rotatable bonds is 0. The van der Waals surface area contributed by atoms with E-state index in [-0.39, 0.29) is 0 Å². The van der Waals surface area contributed by atoms with Gasteiger partial charge in [0, 0.05) is 11.8 Å². The van der Waals surface area contributed by atoms with Gasteiger partial charge < -0.3 is 0 Å². The molecular weight excluding hydrogens is 112 g/mol. The molecule has 3 aliphatic rings. The van der Waals surface area contributed by atoms with Gasteiger partial charge in [0.2, 0.25) is 0 Å². The number of hydrogen-bond donors (Lipinski definition) is 0. The van der Waals surface area contributed by atoms with Crippen molar-refractivity contribution in [2.75, 3.05) is 0 Å². The van der Waals surface area contributed by atoms with Crippen molar-refractivity contribution in [2.24, 2.45) is 22.1 Å². The topological polar surface area (TPSA) is 24.7 Å². The highest BCUT2D eigenvalue weighted by molar-refractivity contribution is 5.21. The Balaban J connectivity index is 2.10. The van der Waals surface area contributed by atoms with Crippen LogP contribution < -0.4 is 0 Å². The van der Waals surface area contributed by atoms with Crippen LogP contribution in [0.15, 0.2) is 22.4 Å². The van der Waals surface area contributed by atoms with Crippen molar-refractivity contribution in [3.05, 3.63) is 12.2 Å². The number of fused-ring (bicyclic) bond motifs is 5. The quantitative estimate of drug-likeness (QED) is 0.432. The molecule has 0 saturated heterocycles. The molecule has 1 fully saturated rings. The molecule has 0 spiro atoms. The van der Waals surface area contributed by atoms with E-state index in [1.807, 2.05) is 0 Å². The smallest absolute Gasteiger partial charge is 0.102 e. The summed E-state index contributed by atoms with van der Waals surface area (Å²) < 4.78 is 0. The molecule has 4 atom stereocenters. The lowest BCUT2D eigenvalue weighted by molar-refractivity contribution is 0.379. The SMILES string of the molecule is C1=C[C@@H]2C[C@@H]1[C@H]1N=N[C@@H]12. The third kappa shape index (κ3) is 0.326. The van der Waals surface area contributed by atoms with E-state index in [0.717, 1.165) is 11.8 Å². The van der Waals surface area contributed by atoms with E-state index in [2.05, 4.69) is 22.4 Å². The number of hydrogen-bond acceptors (Lipinski definition) is 2. The number of nitrogens with zero attached hydrogens (tertiary/aromatic N) is 2. The maximum absolute atomic E-state index is 4.09. The molecule has 9 heavy (non-hydrogen) atoms. The molecular formula is C7H8N2. The Morgan fingerprint density at radius 2 is 1.56 bits per heavy atom. The van der Waals surface area contributed by atoms with Gasteiger partial charge in [-0.15, -0.1) is 0 Å². The highest BCUT2D eigenvalue weighted by Gasteiger charge is 2.49. The van der Waals surface area contributed by atoms with Crippen LogP contribution in [0.1, 0.15) is 6.42 Å². The van der Waals surface area contributed by atoms with Gasteiger partial charge in [-0.1, -0.05) is 12.2 Å². The van der Waals surface area contributed by atoms with Gasteiger partial charge in [0.05, 0.1) is 0 Å². The molecule has 0 aromatic heterocycles. The Morgan fingerprint density at radius 1 is 1.00 bits per heavy atom. The van der Waals surface area contributed by atoms with E-state index in [1.165, 1.54) is 6.42 Å². The van der Waals surface area contributed by atoms with Gasteiger partial charge in [0.1, 0.15) is 12.1 Å². The van der Waals surface area contributed by atoms with Gasteiger partial charge in [-0.05, 0) is 6.42 Å². The summed E-state index contributed by atoms with van der Waals surface area (Å²) in [5.41, 5.74) is 0. The molecule has 2 bridgehead atoms. The van der Waals surface area contributed by atoms with Crippen molar-refractivity contribution >= 4 is 0 Å². The molecule has 0 radical (unpaired) electrons. The largest absolute Gasteiger partial charge is 0.187 e. The Hall–Kier alpha value is -0.660. The molecule has 1 aliphatic heterocycles. The number of azo groups is 1. The maximum Gasteiger partial charge on any atom is 0.102 e. The Bertz CT molecular complexity index is 183. The predicted molar refractivity (Wildman–Crippen MR) is 33.2 cm³/mol.